The molecule has 0 aliphatic carbocycles. The SMILES string of the molecule is Cc1ccc(C)c(SCC(=O)NNC(=O)c2cccc(S(=O)(=O)N(C)C)c2)c1. The van der Waals surface area contributed by atoms with Crippen molar-refractivity contribution in [1.29, 1.82) is 0 Å². The summed E-state index contributed by atoms with van der Waals surface area (Å²) >= 11 is 1.38. The minimum absolute atomic E-state index is 0.00181. The van der Waals surface area contributed by atoms with Gasteiger partial charge in [0.05, 0.1) is 10.6 Å². The molecule has 0 saturated heterocycles. The van der Waals surface area contributed by atoms with Gasteiger partial charge in [0.2, 0.25) is 15.9 Å². The van der Waals surface area contributed by atoms with Crippen LogP contribution in [0.4, 0.5) is 0 Å². The predicted octanol–water partition coefficient (Wildman–Crippen LogP) is 2.11. The van der Waals surface area contributed by atoms with Crippen LogP contribution in [0.3, 0.4) is 0 Å². The average molecular weight is 422 g/mol. The van der Waals surface area contributed by atoms with Crippen molar-refractivity contribution >= 4 is 33.6 Å². The number of thioether (sulfide) groups is 1. The summed E-state index contributed by atoms with van der Waals surface area (Å²) in [7, 11) is -0.823. The van der Waals surface area contributed by atoms with Crippen LogP contribution in [0.1, 0.15) is 21.5 Å². The van der Waals surface area contributed by atoms with E-state index in [2.05, 4.69) is 10.9 Å². The Bertz CT molecular complexity index is 988. The van der Waals surface area contributed by atoms with Crippen molar-refractivity contribution in [3.63, 3.8) is 0 Å². The van der Waals surface area contributed by atoms with Gasteiger partial charge in [-0.1, -0.05) is 23.8 Å². The molecule has 0 aliphatic rings. The number of hydrogen-bond acceptors (Lipinski definition) is 5. The van der Waals surface area contributed by atoms with E-state index in [1.807, 2.05) is 32.0 Å². The fourth-order valence-electron chi connectivity index (χ4n) is 2.25. The number of hydrazine groups is 1. The number of aryl methyl sites for hydroxylation is 2. The van der Waals surface area contributed by atoms with E-state index in [4.69, 9.17) is 0 Å². The van der Waals surface area contributed by atoms with Crippen molar-refractivity contribution in [2.24, 2.45) is 0 Å². The van der Waals surface area contributed by atoms with Gasteiger partial charge in [0.25, 0.3) is 5.91 Å². The minimum Gasteiger partial charge on any atom is -0.272 e. The lowest BCUT2D eigenvalue weighted by molar-refractivity contribution is -0.119. The summed E-state index contributed by atoms with van der Waals surface area (Å²) in [6.07, 6.45) is 0. The van der Waals surface area contributed by atoms with Crippen LogP contribution >= 0.6 is 11.8 Å². The maximum Gasteiger partial charge on any atom is 0.269 e. The Hall–Kier alpha value is -2.36. The van der Waals surface area contributed by atoms with Crippen LogP contribution in [0.5, 0.6) is 0 Å². The third kappa shape index (κ3) is 5.57. The maximum atomic E-state index is 12.2. The van der Waals surface area contributed by atoms with Gasteiger partial charge in [-0.3, -0.25) is 20.4 Å². The summed E-state index contributed by atoms with van der Waals surface area (Å²) in [5.74, 6) is -0.822. The average Bonchev–Trinajstić information content (AvgIpc) is 2.66. The standard InChI is InChI=1S/C19H23N3O4S2/c1-13-8-9-14(2)17(10-13)27-12-18(23)20-21-19(24)15-6-5-7-16(11-15)28(25,26)22(3)4/h5-11H,12H2,1-4H3,(H,20,23)(H,21,24). The molecule has 0 saturated carbocycles. The zero-order valence-electron chi connectivity index (χ0n) is 16.1. The number of rotatable bonds is 6. The molecule has 2 rings (SSSR count). The largest absolute Gasteiger partial charge is 0.272 e. The number of nitrogens with one attached hydrogen (secondary N) is 2. The molecule has 0 unspecified atom stereocenters. The second-order valence-electron chi connectivity index (χ2n) is 6.38. The maximum absolute atomic E-state index is 12.2. The molecule has 0 heterocycles. The molecule has 0 aliphatic heterocycles. The second kappa shape index (κ2) is 9.22. The van der Waals surface area contributed by atoms with Crippen LogP contribution in [0, 0.1) is 13.8 Å². The summed E-state index contributed by atoms with van der Waals surface area (Å²) in [5.41, 5.74) is 6.97. The smallest absolute Gasteiger partial charge is 0.269 e. The van der Waals surface area contributed by atoms with Crippen molar-refractivity contribution in [3.8, 4) is 0 Å². The zero-order valence-corrected chi connectivity index (χ0v) is 17.8. The molecule has 28 heavy (non-hydrogen) atoms. The number of nitrogens with zero attached hydrogens (tertiary/aromatic N) is 1. The van der Waals surface area contributed by atoms with Crippen LogP contribution in [-0.4, -0.2) is 44.4 Å². The van der Waals surface area contributed by atoms with Crippen LogP contribution in [0.15, 0.2) is 52.3 Å². The number of carbonyl (C=O) groups is 2. The van der Waals surface area contributed by atoms with Crippen LogP contribution in [0.2, 0.25) is 0 Å². The van der Waals surface area contributed by atoms with Gasteiger partial charge in [-0.25, -0.2) is 12.7 Å². The van der Waals surface area contributed by atoms with E-state index in [-0.39, 0.29) is 22.1 Å². The number of carbonyl (C=O) groups excluding carboxylic acids is 2. The van der Waals surface area contributed by atoms with Crippen molar-refractivity contribution in [1.82, 2.24) is 15.2 Å². The molecule has 0 spiro atoms. The van der Waals surface area contributed by atoms with Gasteiger partial charge < -0.3 is 0 Å². The molecule has 150 valence electrons. The lowest BCUT2D eigenvalue weighted by Crippen LogP contribution is -2.42. The first kappa shape index (κ1) is 21.9. The van der Waals surface area contributed by atoms with E-state index in [1.165, 1.54) is 50.1 Å². The monoisotopic (exact) mass is 421 g/mol. The molecule has 2 amide bonds. The number of benzene rings is 2. The summed E-state index contributed by atoms with van der Waals surface area (Å²) in [5, 5.41) is 0. The Labute approximate surface area is 169 Å². The highest BCUT2D eigenvalue weighted by Crippen LogP contribution is 2.23. The number of sulfonamides is 1. The first-order valence-electron chi connectivity index (χ1n) is 8.43. The highest BCUT2D eigenvalue weighted by Gasteiger charge is 2.19. The third-order valence-electron chi connectivity index (χ3n) is 3.89. The van der Waals surface area contributed by atoms with Gasteiger partial charge in [-0.05, 0) is 43.7 Å². The van der Waals surface area contributed by atoms with Crippen LogP contribution in [-0.2, 0) is 14.8 Å². The molecule has 2 N–H and O–H groups in total. The third-order valence-corrected chi connectivity index (χ3v) is 6.86. The minimum atomic E-state index is -3.65. The Morgan fingerprint density at radius 1 is 1.04 bits per heavy atom. The Kier molecular flexibility index (Phi) is 7.22. The molecular weight excluding hydrogens is 398 g/mol. The molecule has 0 atom stereocenters. The van der Waals surface area contributed by atoms with Gasteiger partial charge >= 0.3 is 0 Å². The molecule has 9 heteroatoms. The van der Waals surface area contributed by atoms with Gasteiger partial charge in [0.1, 0.15) is 0 Å². The van der Waals surface area contributed by atoms with Gasteiger partial charge in [-0.15, -0.1) is 11.8 Å². The lowest BCUT2D eigenvalue weighted by atomic mass is 10.2. The van der Waals surface area contributed by atoms with Gasteiger partial charge in [0.15, 0.2) is 0 Å². The lowest BCUT2D eigenvalue weighted by Gasteiger charge is -2.12. The quantitative estimate of drug-likeness (QED) is 0.550. The molecule has 0 radical (unpaired) electrons. The number of hydrogen-bond donors (Lipinski definition) is 2. The molecule has 0 bridgehead atoms. The van der Waals surface area contributed by atoms with E-state index in [0.717, 1.165) is 20.3 Å². The molecule has 2 aromatic carbocycles. The van der Waals surface area contributed by atoms with E-state index < -0.39 is 15.9 Å². The fraction of sp³-hybridized carbons (Fsp3) is 0.263. The summed E-state index contributed by atoms with van der Waals surface area (Å²) in [6.45, 7) is 3.95. The van der Waals surface area contributed by atoms with Crippen LogP contribution < -0.4 is 10.9 Å². The molecular formula is C19H23N3O4S2. The van der Waals surface area contributed by atoms with E-state index in [9.17, 15) is 18.0 Å². The zero-order chi connectivity index (χ0) is 20.9. The first-order chi connectivity index (χ1) is 13.1. The Morgan fingerprint density at radius 3 is 2.43 bits per heavy atom. The van der Waals surface area contributed by atoms with E-state index in [1.54, 1.807) is 0 Å². The van der Waals surface area contributed by atoms with Gasteiger partial charge in [0, 0.05) is 24.6 Å². The Morgan fingerprint density at radius 2 is 1.75 bits per heavy atom. The molecule has 0 aromatic heterocycles. The van der Waals surface area contributed by atoms with Crippen molar-refractivity contribution < 1.29 is 18.0 Å². The summed E-state index contributed by atoms with van der Waals surface area (Å²) in [6, 6.07) is 11.6. The number of amides is 2. The van der Waals surface area contributed by atoms with Crippen LogP contribution in [0.25, 0.3) is 0 Å². The first-order valence-corrected chi connectivity index (χ1v) is 10.9. The summed E-state index contributed by atoms with van der Waals surface area (Å²) in [4.78, 5) is 25.2. The Balaban J connectivity index is 1.95. The normalized spacial score (nSPS) is 11.3. The topological polar surface area (TPSA) is 95.6 Å². The highest BCUT2D eigenvalue weighted by atomic mass is 32.2. The fourth-order valence-corrected chi connectivity index (χ4v) is 4.12. The highest BCUT2D eigenvalue weighted by molar-refractivity contribution is 8.00. The van der Waals surface area contributed by atoms with Gasteiger partial charge in [-0.2, -0.15) is 0 Å². The van der Waals surface area contributed by atoms with E-state index in [0.29, 0.717) is 0 Å². The predicted molar refractivity (Wildman–Crippen MR) is 110 cm³/mol. The second-order valence-corrected chi connectivity index (χ2v) is 9.54. The molecule has 0 fully saturated rings. The van der Waals surface area contributed by atoms with E-state index >= 15 is 0 Å². The van der Waals surface area contributed by atoms with Crippen molar-refractivity contribution in [2.75, 3.05) is 19.8 Å². The molecule has 2 aromatic rings. The van der Waals surface area contributed by atoms with Crippen molar-refractivity contribution in [3.05, 3.63) is 59.2 Å². The van der Waals surface area contributed by atoms with Crippen molar-refractivity contribution in [2.45, 2.75) is 23.6 Å². The summed E-state index contributed by atoms with van der Waals surface area (Å²) < 4.78 is 25.4. The molecule has 7 nitrogen and oxygen atoms in total.